The van der Waals surface area contributed by atoms with Crippen molar-refractivity contribution in [3.8, 4) is 11.4 Å². The summed E-state index contributed by atoms with van der Waals surface area (Å²) in [6.45, 7) is 2.02. The second-order valence-corrected chi connectivity index (χ2v) is 4.00. The van der Waals surface area contributed by atoms with Gasteiger partial charge in [-0.2, -0.15) is 5.10 Å². The predicted octanol–water partition coefficient (Wildman–Crippen LogP) is 2.28. The quantitative estimate of drug-likeness (QED) is 0.814. The number of aromatic nitrogens is 3. The highest BCUT2D eigenvalue weighted by atomic mass is 35.5. The molecular formula is C11H13ClN4. The van der Waals surface area contributed by atoms with Crippen molar-refractivity contribution in [1.29, 1.82) is 0 Å². The summed E-state index contributed by atoms with van der Waals surface area (Å²) in [5, 5.41) is 4.91. The Labute approximate surface area is 99.1 Å². The molecule has 2 aromatic rings. The molecule has 0 unspecified atom stereocenters. The highest BCUT2D eigenvalue weighted by molar-refractivity contribution is 6.31. The number of benzene rings is 1. The van der Waals surface area contributed by atoms with Crippen LogP contribution in [-0.4, -0.2) is 14.8 Å². The Hall–Kier alpha value is -1.55. The molecule has 5 heteroatoms. The third kappa shape index (κ3) is 1.88. The van der Waals surface area contributed by atoms with Crippen molar-refractivity contribution < 1.29 is 0 Å². The lowest BCUT2D eigenvalue weighted by atomic mass is 10.1. The van der Waals surface area contributed by atoms with Crippen molar-refractivity contribution in [1.82, 2.24) is 14.8 Å². The van der Waals surface area contributed by atoms with Gasteiger partial charge in [0.05, 0.1) is 0 Å². The number of rotatable bonds is 2. The smallest absolute Gasteiger partial charge is 0.160 e. The molecule has 16 heavy (non-hydrogen) atoms. The highest BCUT2D eigenvalue weighted by Crippen LogP contribution is 2.26. The van der Waals surface area contributed by atoms with Crippen LogP contribution < -0.4 is 5.73 Å². The Morgan fingerprint density at radius 3 is 2.75 bits per heavy atom. The molecule has 0 radical (unpaired) electrons. The van der Waals surface area contributed by atoms with Crippen molar-refractivity contribution in [2.75, 3.05) is 5.73 Å². The van der Waals surface area contributed by atoms with Gasteiger partial charge in [-0.05, 0) is 18.2 Å². The van der Waals surface area contributed by atoms with Crippen LogP contribution in [0.5, 0.6) is 0 Å². The first-order valence-electron chi connectivity index (χ1n) is 5.07. The molecule has 2 N–H and O–H groups in total. The van der Waals surface area contributed by atoms with E-state index in [2.05, 4.69) is 10.1 Å². The molecule has 0 saturated heterocycles. The average Bonchev–Trinajstić information content (AvgIpc) is 2.60. The summed E-state index contributed by atoms with van der Waals surface area (Å²) in [4.78, 5) is 4.42. The minimum absolute atomic E-state index is 0.616. The van der Waals surface area contributed by atoms with Gasteiger partial charge in [0.2, 0.25) is 0 Å². The van der Waals surface area contributed by atoms with E-state index in [-0.39, 0.29) is 0 Å². The van der Waals surface area contributed by atoms with E-state index >= 15 is 0 Å². The van der Waals surface area contributed by atoms with E-state index in [1.165, 1.54) is 0 Å². The van der Waals surface area contributed by atoms with E-state index in [9.17, 15) is 0 Å². The Kier molecular flexibility index (Phi) is 2.83. The van der Waals surface area contributed by atoms with Gasteiger partial charge >= 0.3 is 0 Å². The van der Waals surface area contributed by atoms with Crippen LogP contribution in [0.1, 0.15) is 12.7 Å². The minimum atomic E-state index is 0.616. The number of anilines is 1. The average molecular weight is 237 g/mol. The first-order valence-corrected chi connectivity index (χ1v) is 5.45. The summed E-state index contributed by atoms with van der Waals surface area (Å²) < 4.78 is 1.73. The molecule has 4 nitrogen and oxygen atoms in total. The summed E-state index contributed by atoms with van der Waals surface area (Å²) in [6, 6.07) is 5.38. The maximum atomic E-state index is 5.91. The maximum Gasteiger partial charge on any atom is 0.160 e. The van der Waals surface area contributed by atoms with Gasteiger partial charge in [-0.15, -0.1) is 0 Å². The molecule has 0 fully saturated rings. The zero-order valence-electron chi connectivity index (χ0n) is 9.24. The van der Waals surface area contributed by atoms with E-state index in [0.717, 1.165) is 23.6 Å². The molecule has 0 aliphatic rings. The van der Waals surface area contributed by atoms with Crippen molar-refractivity contribution in [3.05, 3.63) is 29.0 Å². The molecule has 0 saturated carbocycles. The zero-order chi connectivity index (χ0) is 11.7. The second kappa shape index (κ2) is 4.14. The monoisotopic (exact) mass is 236 g/mol. The van der Waals surface area contributed by atoms with E-state index in [1.54, 1.807) is 16.8 Å². The molecule has 1 aromatic heterocycles. The van der Waals surface area contributed by atoms with E-state index in [1.807, 2.05) is 20.0 Å². The Balaban J connectivity index is 2.53. The number of hydrogen-bond donors (Lipinski definition) is 1. The Morgan fingerprint density at radius 1 is 1.44 bits per heavy atom. The summed E-state index contributed by atoms with van der Waals surface area (Å²) >= 11 is 5.85. The van der Waals surface area contributed by atoms with Crippen LogP contribution in [0.3, 0.4) is 0 Å². The minimum Gasteiger partial charge on any atom is -0.398 e. The normalized spacial score (nSPS) is 10.7. The molecule has 0 atom stereocenters. The van der Waals surface area contributed by atoms with Crippen molar-refractivity contribution in [3.63, 3.8) is 0 Å². The lowest BCUT2D eigenvalue weighted by molar-refractivity contribution is 0.753. The molecule has 1 aromatic carbocycles. The van der Waals surface area contributed by atoms with Gasteiger partial charge in [0.15, 0.2) is 11.6 Å². The van der Waals surface area contributed by atoms with Gasteiger partial charge in [-0.25, -0.2) is 9.67 Å². The zero-order valence-corrected chi connectivity index (χ0v) is 9.99. The number of nitrogen functional groups attached to an aromatic ring is 1. The molecule has 0 bridgehead atoms. The topological polar surface area (TPSA) is 56.7 Å². The number of nitrogens with zero attached hydrogens (tertiary/aromatic N) is 3. The lowest BCUT2D eigenvalue weighted by Crippen LogP contribution is -1.98. The third-order valence-corrected chi connectivity index (χ3v) is 2.61. The van der Waals surface area contributed by atoms with Crippen LogP contribution in [-0.2, 0) is 13.5 Å². The molecule has 0 aliphatic heterocycles. The fraction of sp³-hybridized carbons (Fsp3) is 0.273. The van der Waals surface area contributed by atoms with Gasteiger partial charge in [0.25, 0.3) is 0 Å². The van der Waals surface area contributed by atoms with Gasteiger partial charge in [0, 0.05) is 29.7 Å². The van der Waals surface area contributed by atoms with Crippen LogP contribution in [0, 0.1) is 0 Å². The lowest BCUT2D eigenvalue weighted by Gasteiger charge is -2.04. The second-order valence-electron chi connectivity index (χ2n) is 3.56. The molecule has 0 amide bonds. The van der Waals surface area contributed by atoms with Gasteiger partial charge in [0.1, 0.15) is 0 Å². The van der Waals surface area contributed by atoms with E-state index in [4.69, 9.17) is 17.3 Å². The summed E-state index contributed by atoms with van der Waals surface area (Å²) in [7, 11) is 1.86. The van der Waals surface area contributed by atoms with E-state index in [0.29, 0.717) is 10.7 Å². The first kappa shape index (κ1) is 11.0. The van der Waals surface area contributed by atoms with Crippen LogP contribution in [0.2, 0.25) is 5.02 Å². The summed E-state index contributed by atoms with van der Waals surface area (Å²) in [6.07, 6.45) is 0.807. The van der Waals surface area contributed by atoms with Crippen molar-refractivity contribution >= 4 is 17.3 Å². The first-order chi connectivity index (χ1) is 7.61. The summed E-state index contributed by atoms with van der Waals surface area (Å²) in [5.41, 5.74) is 7.38. The fourth-order valence-corrected chi connectivity index (χ4v) is 1.74. The van der Waals surface area contributed by atoms with Gasteiger partial charge < -0.3 is 5.73 Å². The highest BCUT2D eigenvalue weighted by Gasteiger charge is 2.11. The molecule has 0 aliphatic carbocycles. The van der Waals surface area contributed by atoms with Gasteiger partial charge in [-0.1, -0.05) is 18.5 Å². The van der Waals surface area contributed by atoms with Crippen molar-refractivity contribution in [2.45, 2.75) is 13.3 Å². The Morgan fingerprint density at radius 2 is 2.19 bits per heavy atom. The number of nitrogens with two attached hydrogens (primary N) is 1. The maximum absolute atomic E-state index is 5.91. The van der Waals surface area contributed by atoms with Crippen LogP contribution in [0.15, 0.2) is 18.2 Å². The molecular weight excluding hydrogens is 224 g/mol. The van der Waals surface area contributed by atoms with Crippen molar-refractivity contribution in [2.24, 2.45) is 7.05 Å². The fourth-order valence-electron chi connectivity index (χ4n) is 1.56. The Bertz CT molecular complexity index is 519. The van der Waals surface area contributed by atoms with Crippen LogP contribution in [0.25, 0.3) is 11.4 Å². The van der Waals surface area contributed by atoms with Crippen LogP contribution in [0.4, 0.5) is 5.69 Å². The molecule has 0 spiro atoms. The number of halogens is 1. The molecule has 2 rings (SSSR count). The SMILES string of the molecule is CCc1nc(-c2ccc(Cl)cc2N)n(C)n1. The molecule has 1 heterocycles. The standard InChI is InChI=1S/C11H13ClN4/c1-3-10-14-11(16(2)15-10)8-5-4-7(12)6-9(8)13/h4-6H,3,13H2,1-2H3. The third-order valence-electron chi connectivity index (χ3n) is 2.38. The van der Waals surface area contributed by atoms with Crippen LogP contribution >= 0.6 is 11.6 Å². The number of hydrogen-bond acceptors (Lipinski definition) is 3. The predicted molar refractivity (Wildman–Crippen MR) is 65.2 cm³/mol. The number of aryl methyl sites for hydroxylation is 2. The largest absolute Gasteiger partial charge is 0.398 e. The van der Waals surface area contributed by atoms with E-state index < -0.39 is 0 Å². The van der Waals surface area contributed by atoms with Gasteiger partial charge in [-0.3, -0.25) is 0 Å². The molecule has 84 valence electrons. The summed E-state index contributed by atoms with van der Waals surface area (Å²) in [5.74, 6) is 1.58.